The standard InChI is InChI=1S/C16H21NO3/c1-3-15(18)17-10-8-16(19,9-11-17)12-13-6-4-5-7-14(13)20-2/h3-7,19H,1,8-12H2,2H3. The van der Waals surface area contributed by atoms with E-state index < -0.39 is 5.60 Å². The number of para-hydroxylation sites is 1. The SMILES string of the molecule is C=CC(=O)N1CCC(O)(Cc2ccccc2OC)CC1. The highest BCUT2D eigenvalue weighted by atomic mass is 16.5. The van der Waals surface area contributed by atoms with Crippen LogP contribution in [-0.2, 0) is 11.2 Å². The molecule has 0 radical (unpaired) electrons. The lowest BCUT2D eigenvalue weighted by Crippen LogP contribution is -2.47. The van der Waals surface area contributed by atoms with Gasteiger partial charge in [-0.2, -0.15) is 0 Å². The summed E-state index contributed by atoms with van der Waals surface area (Å²) in [6.07, 6.45) is 3.02. The molecule has 20 heavy (non-hydrogen) atoms. The third-order valence-corrected chi connectivity index (χ3v) is 3.89. The number of likely N-dealkylation sites (tertiary alicyclic amines) is 1. The van der Waals surface area contributed by atoms with Crippen LogP contribution in [0, 0.1) is 0 Å². The van der Waals surface area contributed by atoms with Gasteiger partial charge in [0.1, 0.15) is 5.75 Å². The lowest BCUT2D eigenvalue weighted by molar-refractivity contribution is -0.130. The maximum Gasteiger partial charge on any atom is 0.245 e. The Kier molecular flexibility index (Phi) is 4.45. The Hall–Kier alpha value is -1.81. The van der Waals surface area contributed by atoms with Gasteiger partial charge in [0.15, 0.2) is 0 Å². The Bertz CT molecular complexity index is 490. The molecular formula is C16H21NO3. The second kappa shape index (κ2) is 6.09. The van der Waals surface area contributed by atoms with E-state index in [4.69, 9.17) is 4.74 Å². The van der Waals surface area contributed by atoms with E-state index in [1.165, 1.54) is 6.08 Å². The van der Waals surface area contributed by atoms with E-state index in [2.05, 4.69) is 6.58 Å². The summed E-state index contributed by atoms with van der Waals surface area (Å²) in [6, 6.07) is 7.72. The zero-order valence-electron chi connectivity index (χ0n) is 11.8. The fourth-order valence-corrected chi connectivity index (χ4v) is 2.65. The molecule has 1 aliphatic rings. The molecule has 0 atom stereocenters. The molecule has 0 unspecified atom stereocenters. The van der Waals surface area contributed by atoms with E-state index in [0.717, 1.165) is 11.3 Å². The minimum Gasteiger partial charge on any atom is -0.496 e. The third-order valence-electron chi connectivity index (χ3n) is 3.89. The Morgan fingerprint density at radius 3 is 2.70 bits per heavy atom. The van der Waals surface area contributed by atoms with Crippen molar-refractivity contribution in [2.75, 3.05) is 20.2 Å². The number of nitrogens with zero attached hydrogens (tertiary/aromatic N) is 1. The van der Waals surface area contributed by atoms with Crippen LogP contribution >= 0.6 is 0 Å². The van der Waals surface area contributed by atoms with E-state index in [1.54, 1.807) is 12.0 Å². The van der Waals surface area contributed by atoms with Crippen molar-refractivity contribution in [3.05, 3.63) is 42.5 Å². The van der Waals surface area contributed by atoms with Gasteiger partial charge in [-0.3, -0.25) is 4.79 Å². The van der Waals surface area contributed by atoms with Crippen LogP contribution in [0.5, 0.6) is 5.75 Å². The van der Waals surface area contributed by atoms with Crippen molar-refractivity contribution in [1.29, 1.82) is 0 Å². The molecule has 1 aromatic rings. The number of carbonyl (C=O) groups is 1. The zero-order valence-corrected chi connectivity index (χ0v) is 11.8. The van der Waals surface area contributed by atoms with Crippen molar-refractivity contribution in [1.82, 2.24) is 4.90 Å². The first-order chi connectivity index (χ1) is 9.58. The van der Waals surface area contributed by atoms with Crippen LogP contribution in [0.25, 0.3) is 0 Å². The Morgan fingerprint density at radius 2 is 2.10 bits per heavy atom. The molecule has 4 nitrogen and oxygen atoms in total. The number of hydrogen-bond donors (Lipinski definition) is 1. The van der Waals surface area contributed by atoms with Crippen LogP contribution in [0.15, 0.2) is 36.9 Å². The molecule has 0 aromatic heterocycles. The molecule has 1 saturated heterocycles. The summed E-state index contributed by atoms with van der Waals surface area (Å²) < 4.78 is 5.32. The number of ether oxygens (including phenoxy) is 1. The van der Waals surface area contributed by atoms with Gasteiger partial charge in [-0.25, -0.2) is 0 Å². The van der Waals surface area contributed by atoms with Crippen molar-refractivity contribution < 1.29 is 14.6 Å². The van der Waals surface area contributed by atoms with Gasteiger partial charge in [-0.15, -0.1) is 0 Å². The summed E-state index contributed by atoms with van der Waals surface area (Å²) in [4.78, 5) is 13.3. The minimum absolute atomic E-state index is 0.0654. The van der Waals surface area contributed by atoms with Gasteiger partial charge in [0.25, 0.3) is 0 Å². The summed E-state index contributed by atoms with van der Waals surface area (Å²) in [6.45, 7) is 4.62. The Labute approximate surface area is 119 Å². The molecule has 0 aliphatic carbocycles. The van der Waals surface area contributed by atoms with Gasteiger partial charge in [0, 0.05) is 19.5 Å². The Morgan fingerprint density at radius 1 is 1.45 bits per heavy atom. The van der Waals surface area contributed by atoms with Gasteiger partial charge < -0.3 is 14.7 Å². The molecule has 1 amide bonds. The van der Waals surface area contributed by atoms with Crippen molar-refractivity contribution in [2.45, 2.75) is 24.9 Å². The number of methoxy groups -OCH3 is 1. The maximum absolute atomic E-state index is 11.5. The van der Waals surface area contributed by atoms with Crippen molar-refractivity contribution in [2.24, 2.45) is 0 Å². The smallest absolute Gasteiger partial charge is 0.245 e. The topological polar surface area (TPSA) is 49.8 Å². The number of hydrogen-bond acceptors (Lipinski definition) is 3. The molecule has 1 aliphatic heterocycles. The van der Waals surface area contributed by atoms with E-state index in [1.807, 2.05) is 24.3 Å². The zero-order chi connectivity index (χ0) is 14.6. The van der Waals surface area contributed by atoms with Crippen LogP contribution in [0.4, 0.5) is 0 Å². The molecule has 1 fully saturated rings. The first-order valence-electron chi connectivity index (χ1n) is 6.83. The Balaban J connectivity index is 2.03. The predicted molar refractivity (Wildman–Crippen MR) is 77.7 cm³/mol. The largest absolute Gasteiger partial charge is 0.496 e. The number of piperidine rings is 1. The lowest BCUT2D eigenvalue weighted by atomic mass is 9.85. The van der Waals surface area contributed by atoms with E-state index in [0.29, 0.717) is 32.4 Å². The molecular weight excluding hydrogens is 254 g/mol. The first kappa shape index (κ1) is 14.6. The van der Waals surface area contributed by atoms with Gasteiger partial charge in [0.05, 0.1) is 12.7 Å². The van der Waals surface area contributed by atoms with Crippen LogP contribution in [0.2, 0.25) is 0 Å². The van der Waals surface area contributed by atoms with Gasteiger partial charge in [-0.05, 0) is 30.5 Å². The maximum atomic E-state index is 11.5. The van der Waals surface area contributed by atoms with E-state index in [-0.39, 0.29) is 5.91 Å². The highest BCUT2D eigenvalue weighted by molar-refractivity contribution is 5.87. The van der Waals surface area contributed by atoms with Gasteiger partial charge in [0.2, 0.25) is 5.91 Å². The summed E-state index contributed by atoms with van der Waals surface area (Å²) in [5.74, 6) is 0.731. The van der Waals surface area contributed by atoms with Crippen LogP contribution < -0.4 is 4.74 Å². The molecule has 1 heterocycles. The number of aliphatic hydroxyl groups is 1. The predicted octanol–water partition coefficient (Wildman–Crippen LogP) is 1.78. The van der Waals surface area contributed by atoms with Crippen molar-refractivity contribution >= 4 is 5.91 Å². The highest BCUT2D eigenvalue weighted by Crippen LogP contribution is 2.30. The summed E-state index contributed by atoms with van der Waals surface area (Å²) >= 11 is 0. The molecule has 4 heteroatoms. The number of carbonyl (C=O) groups excluding carboxylic acids is 1. The van der Waals surface area contributed by atoms with E-state index in [9.17, 15) is 9.90 Å². The molecule has 0 spiro atoms. The fourth-order valence-electron chi connectivity index (χ4n) is 2.65. The van der Waals surface area contributed by atoms with Crippen molar-refractivity contribution in [3.63, 3.8) is 0 Å². The monoisotopic (exact) mass is 275 g/mol. The van der Waals surface area contributed by atoms with Crippen LogP contribution in [0.3, 0.4) is 0 Å². The summed E-state index contributed by atoms with van der Waals surface area (Å²) in [5, 5.41) is 10.7. The second-order valence-electron chi connectivity index (χ2n) is 5.24. The highest BCUT2D eigenvalue weighted by Gasteiger charge is 2.34. The molecule has 1 N–H and O–H groups in total. The van der Waals surface area contributed by atoms with Crippen molar-refractivity contribution in [3.8, 4) is 5.75 Å². The summed E-state index contributed by atoms with van der Waals surface area (Å²) in [7, 11) is 1.63. The number of amides is 1. The third kappa shape index (κ3) is 3.20. The van der Waals surface area contributed by atoms with Gasteiger partial charge in [-0.1, -0.05) is 24.8 Å². The lowest BCUT2D eigenvalue weighted by Gasteiger charge is -2.38. The normalized spacial score (nSPS) is 17.6. The first-order valence-corrected chi connectivity index (χ1v) is 6.83. The minimum atomic E-state index is -0.771. The van der Waals surface area contributed by atoms with Crippen LogP contribution in [0.1, 0.15) is 18.4 Å². The molecule has 108 valence electrons. The fraction of sp³-hybridized carbons (Fsp3) is 0.438. The molecule has 2 rings (SSSR count). The quantitative estimate of drug-likeness (QED) is 0.852. The van der Waals surface area contributed by atoms with E-state index >= 15 is 0 Å². The van der Waals surface area contributed by atoms with Crippen LogP contribution in [-0.4, -0.2) is 41.7 Å². The average molecular weight is 275 g/mol. The average Bonchev–Trinajstić information content (AvgIpc) is 2.47. The number of benzene rings is 1. The summed E-state index contributed by atoms with van der Waals surface area (Å²) in [5.41, 5.74) is 0.230. The molecule has 0 saturated carbocycles. The number of rotatable bonds is 4. The second-order valence-corrected chi connectivity index (χ2v) is 5.24. The molecule has 1 aromatic carbocycles. The van der Waals surface area contributed by atoms with Gasteiger partial charge >= 0.3 is 0 Å². The molecule has 0 bridgehead atoms.